The maximum absolute atomic E-state index is 13.7. The lowest BCUT2D eigenvalue weighted by molar-refractivity contribution is 0.619. The zero-order valence-corrected chi connectivity index (χ0v) is 10.6. The Morgan fingerprint density at radius 1 is 1.33 bits per heavy atom. The highest BCUT2D eigenvalue weighted by Crippen LogP contribution is 2.21. The average molecular weight is 272 g/mol. The van der Waals surface area contributed by atoms with Crippen LogP contribution < -0.4 is 4.90 Å². The second-order valence-corrected chi connectivity index (χ2v) is 3.70. The Morgan fingerprint density at radius 3 is 2.47 bits per heavy atom. The molecule has 0 aliphatic carbocycles. The fourth-order valence-corrected chi connectivity index (χ4v) is 1.83. The average Bonchev–Trinajstić information content (AvgIpc) is 2.23. The Balaban J connectivity index is 3.01. The van der Waals surface area contributed by atoms with E-state index in [9.17, 15) is 4.39 Å². The maximum Gasteiger partial charge on any atom is 0.147 e. The fraction of sp³-hybridized carbons (Fsp3) is 0.333. The van der Waals surface area contributed by atoms with Crippen molar-refractivity contribution in [2.24, 2.45) is 0 Å². The molecule has 1 rings (SSSR count). The topological polar surface area (TPSA) is 3.24 Å². The summed E-state index contributed by atoms with van der Waals surface area (Å²) in [6, 6.07) is 5.28. The lowest BCUT2D eigenvalue weighted by Crippen LogP contribution is -2.22. The molecular weight excluding hydrogens is 257 g/mol. The molecular formula is C12H15BrFN. The summed E-state index contributed by atoms with van der Waals surface area (Å²) in [6.45, 7) is 5.69. The summed E-state index contributed by atoms with van der Waals surface area (Å²) in [7, 11) is 0. The van der Waals surface area contributed by atoms with Gasteiger partial charge in [-0.25, -0.2) is 4.39 Å². The van der Waals surface area contributed by atoms with Gasteiger partial charge < -0.3 is 4.90 Å². The molecule has 0 unspecified atom stereocenters. The van der Waals surface area contributed by atoms with Gasteiger partial charge in [0.2, 0.25) is 0 Å². The number of halogens is 2. The first kappa shape index (κ1) is 12.2. The van der Waals surface area contributed by atoms with E-state index >= 15 is 0 Å². The number of anilines is 1. The lowest BCUT2D eigenvalue weighted by Gasteiger charge is -2.21. The van der Waals surface area contributed by atoms with Crippen LogP contribution in [0.25, 0.3) is 6.08 Å². The highest BCUT2D eigenvalue weighted by Gasteiger charge is 2.07. The Bertz CT molecular complexity index is 345. The van der Waals surface area contributed by atoms with Crippen LogP contribution in [0, 0.1) is 5.82 Å². The summed E-state index contributed by atoms with van der Waals surface area (Å²) in [5.74, 6) is -0.165. The third kappa shape index (κ3) is 3.06. The molecule has 0 amide bonds. The lowest BCUT2D eigenvalue weighted by atomic mass is 10.2. The van der Waals surface area contributed by atoms with E-state index in [0.29, 0.717) is 5.69 Å². The Morgan fingerprint density at radius 2 is 2.00 bits per heavy atom. The molecule has 1 aromatic carbocycles. The monoisotopic (exact) mass is 271 g/mol. The Labute approximate surface area is 98.7 Å². The third-order valence-electron chi connectivity index (χ3n) is 2.33. The van der Waals surface area contributed by atoms with Gasteiger partial charge in [-0.3, -0.25) is 0 Å². The van der Waals surface area contributed by atoms with Crippen molar-refractivity contribution in [3.63, 3.8) is 0 Å². The first-order valence-corrected chi connectivity index (χ1v) is 5.95. The maximum atomic E-state index is 13.7. The first-order valence-electron chi connectivity index (χ1n) is 5.04. The molecule has 0 aliphatic heterocycles. The van der Waals surface area contributed by atoms with E-state index in [-0.39, 0.29) is 5.82 Å². The predicted molar refractivity (Wildman–Crippen MR) is 67.9 cm³/mol. The normalized spacial score (nSPS) is 10.9. The highest BCUT2D eigenvalue weighted by atomic mass is 79.9. The van der Waals surface area contributed by atoms with Crippen LogP contribution in [0.15, 0.2) is 23.2 Å². The van der Waals surface area contributed by atoms with Crippen molar-refractivity contribution in [1.29, 1.82) is 0 Å². The van der Waals surface area contributed by atoms with Gasteiger partial charge in [0.25, 0.3) is 0 Å². The van der Waals surface area contributed by atoms with Gasteiger partial charge in [0, 0.05) is 13.1 Å². The second-order valence-electron chi connectivity index (χ2n) is 3.18. The van der Waals surface area contributed by atoms with Gasteiger partial charge in [0.15, 0.2) is 0 Å². The number of benzene rings is 1. The van der Waals surface area contributed by atoms with Crippen molar-refractivity contribution in [2.45, 2.75) is 13.8 Å². The van der Waals surface area contributed by atoms with Crippen LogP contribution in [0.1, 0.15) is 19.4 Å². The number of hydrogen-bond acceptors (Lipinski definition) is 1. The highest BCUT2D eigenvalue weighted by molar-refractivity contribution is 9.11. The van der Waals surface area contributed by atoms with Crippen LogP contribution in [0.2, 0.25) is 0 Å². The molecule has 82 valence electrons. The van der Waals surface area contributed by atoms with Crippen LogP contribution in [0.5, 0.6) is 0 Å². The van der Waals surface area contributed by atoms with E-state index < -0.39 is 0 Å². The molecule has 0 saturated heterocycles. The Hall–Kier alpha value is -0.830. The van der Waals surface area contributed by atoms with Crippen molar-refractivity contribution >= 4 is 27.7 Å². The number of rotatable bonds is 4. The van der Waals surface area contributed by atoms with Crippen molar-refractivity contribution < 1.29 is 4.39 Å². The van der Waals surface area contributed by atoms with E-state index in [1.54, 1.807) is 11.1 Å². The summed E-state index contributed by atoms with van der Waals surface area (Å²) in [5.41, 5.74) is 1.53. The number of nitrogens with zero attached hydrogens (tertiary/aromatic N) is 1. The van der Waals surface area contributed by atoms with Crippen LogP contribution in [-0.4, -0.2) is 13.1 Å². The summed E-state index contributed by atoms with van der Waals surface area (Å²) in [5, 5.41) is 0. The standard InChI is InChI=1S/C12H15BrFN/c1-3-15(4-2)12-6-5-10(7-8-13)9-11(12)14/h5-9H,3-4H2,1-2H3/b8-7+. The van der Waals surface area contributed by atoms with Gasteiger partial charge in [-0.05, 0) is 42.6 Å². The zero-order chi connectivity index (χ0) is 11.3. The first-order chi connectivity index (χ1) is 7.22. The van der Waals surface area contributed by atoms with Gasteiger partial charge >= 0.3 is 0 Å². The van der Waals surface area contributed by atoms with Gasteiger partial charge in [-0.2, -0.15) is 0 Å². The minimum Gasteiger partial charge on any atom is -0.370 e. The fourth-order valence-electron chi connectivity index (χ4n) is 1.52. The molecule has 0 spiro atoms. The molecule has 15 heavy (non-hydrogen) atoms. The van der Waals surface area contributed by atoms with Crippen LogP contribution in [0.4, 0.5) is 10.1 Å². The largest absolute Gasteiger partial charge is 0.370 e. The van der Waals surface area contributed by atoms with Crippen molar-refractivity contribution in [3.05, 3.63) is 34.6 Å². The van der Waals surface area contributed by atoms with Gasteiger partial charge in [-0.15, -0.1) is 0 Å². The molecule has 0 aliphatic rings. The summed E-state index contributed by atoms with van der Waals surface area (Å²) in [6.07, 6.45) is 1.81. The SMILES string of the molecule is CCN(CC)c1ccc(/C=C/Br)cc1F. The summed E-state index contributed by atoms with van der Waals surface area (Å²) < 4.78 is 13.7. The predicted octanol–water partition coefficient (Wildman–Crippen LogP) is 4.04. The van der Waals surface area contributed by atoms with E-state index in [4.69, 9.17) is 0 Å². The zero-order valence-electron chi connectivity index (χ0n) is 9.00. The molecule has 0 fully saturated rings. The number of hydrogen-bond donors (Lipinski definition) is 0. The van der Waals surface area contributed by atoms with E-state index in [1.807, 2.05) is 37.0 Å². The van der Waals surface area contributed by atoms with Crippen LogP contribution in [0.3, 0.4) is 0 Å². The quantitative estimate of drug-likeness (QED) is 0.799. The van der Waals surface area contributed by atoms with E-state index in [2.05, 4.69) is 15.9 Å². The molecule has 0 N–H and O–H groups in total. The molecule has 0 bridgehead atoms. The molecule has 0 heterocycles. The molecule has 0 aromatic heterocycles. The minimum atomic E-state index is -0.165. The summed E-state index contributed by atoms with van der Waals surface area (Å²) in [4.78, 5) is 3.72. The Kier molecular flexibility index (Phi) is 4.82. The van der Waals surface area contributed by atoms with Gasteiger partial charge in [-0.1, -0.05) is 22.0 Å². The van der Waals surface area contributed by atoms with Crippen LogP contribution in [-0.2, 0) is 0 Å². The van der Waals surface area contributed by atoms with E-state index in [1.165, 1.54) is 0 Å². The van der Waals surface area contributed by atoms with E-state index in [0.717, 1.165) is 18.7 Å². The van der Waals surface area contributed by atoms with Crippen LogP contribution >= 0.6 is 15.9 Å². The van der Waals surface area contributed by atoms with Crippen molar-refractivity contribution in [2.75, 3.05) is 18.0 Å². The molecule has 0 saturated carbocycles. The molecule has 1 nitrogen and oxygen atoms in total. The molecule has 3 heteroatoms. The van der Waals surface area contributed by atoms with Gasteiger partial charge in [0.1, 0.15) is 5.82 Å². The van der Waals surface area contributed by atoms with Crippen molar-refractivity contribution in [3.8, 4) is 0 Å². The smallest absolute Gasteiger partial charge is 0.147 e. The molecule has 1 aromatic rings. The third-order valence-corrected chi connectivity index (χ3v) is 2.60. The minimum absolute atomic E-state index is 0.165. The second kappa shape index (κ2) is 5.91. The summed E-state index contributed by atoms with van der Waals surface area (Å²) >= 11 is 3.17. The molecule has 0 atom stereocenters. The van der Waals surface area contributed by atoms with Crippen molar-refractivity contribution in [1.82, 2.24) is 0 Å². The molecule has 0 radical (unpaired) electrons. The van der Waals surface area contributed by atoms with Gasteiger partial charge in [0.05, 0.1) is 5.69 Å².